The van der Waals surface area contributed by atoms with E-state index in [0.717, 1.165) is 37.9 Å². The van der Waals surface area contributed by atoms with Crippen LogP contribution in [-0.2, 0) is 16.0 Å². The van der Waals surface area contributed by atoms with E-state index in [1.165, 1.54) is 0 Å². The summed E-state index contributed by atoms with van der Waals surface area (Å²) in [6.45, 7) is 3.53. The zero-order chi connectivity index (χ0) is 16.7. The number of hydrogen-bond acceptors (Lipinski definition) is 4. The van der Waals surface area contributed by atoms with Gasteiger partial charge in [0.25, 0.3) is 0 Å². The summed E-state index contributed by atoms with van der Waals surface area (Å²) < 4.78 is 0. The smallest absolute Gasteiger partial charge is 0.240 e. The fourth-order valence-electron chi connectivity index (χ4n) is 3.04. The molecule has 0 spiro atoms. The van der Waals surface area contributed by atoms with Crippen molar-refractivity contribution < 1.29 is 9.59 Å². The molecule has 2 atom stereocenters. The molecule has 128 valence electrons. The molecular formula is C16H27N5O2. The zero-order valence-electron chi connectivity index (χ0n) is 13.8. The highest BCUT2D eigenvalue weighted by atomic mass is 16.2. The van der Waals surface area contributed by atoms with Crippen LogP contribution >= 0.6 is 0 Å². The molecule has 2 heterocycles. The maximum absolute atomic E-state index is 12.9. The molecule has 2 rings (SSSR count). The first kappa shape index (κ1) is 17.5. The average Bonchev–Trinajstić information content (AvgIpc) is 3.20. The molecule has 1 aliphatic heterocycles. The van der Waals surface area contributed by atoms with E-state index >= 15 is 0 Å². The molecule has 1 aromatic heterocycles. The number of primary amides is 1. The van der Waals surface area contributed by atoms with E-state index in [1.807, 2.05) is 0 Å². The number of nitrogens with two attached hydrogens (primary N) is 1. The second kappa shape index (κ2) is 8.67. The molecule has 1 aromatic rings. The number of likely N-dealkylation sites (tertiary alicyclic amines) is 1. The van der Waals surface area contributed by atoms with Crippen LogP contribution in [0.25, 0.3) is 0 Å². The Balaban J connectivity index is 2.02. The highest BCUT2D eigenvalue weighted by molar-refractivity contribution is 5.89. The van der Waals surface area contributed by atoms with Crippen LogP contribution in [-0.4, -0.2) is 51.9 Å². The summed E-state index contributed by atoms with van der Waals surface area (Å²) in [5.74, 6) is -0.459. The zero-order valence-corrected chi connectivity index (χ0v) is 13.8. The third-order valence-corrected chi connectivity index (χ3v) is 4.31. The number of nitrogens with zero attached hydrogens (tertiary/aromatic N) is 2. The minimum atomic E-state index is -0.468. The monoisotopic (exact) mass is 321 g/mol. The van der Waals surface area contributed by atoms with Gasteiger partial charge in [0.15, 0.2) is 0 Å². The van der Waals surface area contributed by atoms with Crippen LogP contribution < -0.4 is 11.1 Å². The predicted octanol–water partition coefficient (Wildman–Crippen LogP) is 0.577. The van der Waals surface area contributed by atoms with Gasteiger partial charge in [-0.3, -0.25) is 9.59 Å². The molecule has 0 aromatic carbocycles. The van der Waals surface area contributed by atoms with Crippen LogP contribution in [0.5, 0.6) is 0 Å². The summed E-state index contributed by atoms with van der Waals surface area (Å²) in [6, 6.07) is -0.823. The number of rotatable bonds is 9. The molecule has 0 saturated carbocycles. The van der Waals surface area contributed by atoms with Crippen LogP contribution in [0.15, 0.2) is 12.5 Å². The standard InChI is InChI=1S/C16H27N5O2/c1-2-3-4-7-19-13(9-12-10-18-11-20-12)16(23)21-8-5-6-14(21)15(17)22/h10-11,13-14,19H,2-9H2,1H3,(H2,17,22)(H,18,20)/t13-,14-/m0/s1. The second-order valence-corrected chi connectivity index (χ2v) is 6.09. The molecule has 0 unspecified atom stereocenters. The van der Waals surface area contributed by atoms with Gasteiger partial charge in [0.1, 0.15) is 6.04 Å². The van der Waals surface area contributed by atoms with Crippen LogP contribution in [0.2, 0.25) is 0 Å². The van der Waals surface area contributed by atoms with E-state index in [9.17, 15) is 9.59 Å². The summed E-state index contributed by atoms with van der Waals surface area (Å²) in [7, 11) is 0. The number of imidazole rings is 1. The van der Waals surface area contributed by atoms with Gasteiger partial charge >= 0.3 is 0 Å². The SMILES string of the molecule is CCCCCN[C@@H](Cc1cnc[nH]1)C(=O)N1CCC[C@H]1C(N)=O. The Kier molecular flexibility index (Phi) is 6.58. The number of aromatic amines is 1. The Hall–Kier alpha value is -1.89. The third kappa shape index (κ3) is 4.79. The van der Waals surface area contributed by atoms with Gasteiger partial charge in [0, 0.05) is 24.9 Å². The molecule has 23 heavy (non-hydrogen) atoms. The van der Waals surface area contributed by atoms with Crippen molar-refractivity contribution in [3.8, 4) is 0 Å². The van der Waals surface area contributed by atoms with Crippen LogP contribution in [0.4, 0.5) is 0 Å². The van der Waals surface area contributed by atoms with Gasteiger partial charge in [-0.05, 0) is 25.8 Å². The van der Waals surface area contributed by atoms with Gasteiger partial charge in [0.2, 0.25) is 11.8 Å². The van der Waals surface area contributed by atoms with Crippen molar-refractivity contribution in [3.63, 3.8) is 0 Å². The first-order valence-electron chi connectivity index (χ1n) is 8.44. The predicted molar refractivity (Wildman–Crippen MR) is 87.5 cm³/mol. The fraction of sp³-hybridized carbons (Fsp3) is 0.688. The van der Waals surface area contributed by atoms with Gasteiger partial charge in [-0.15, -0.1) is 0 Å². The van der Waals surface area contributed by atoms with Crippen LogP contribution in [0, 0.1) is 0 Å². The van der Waals surface area contributed by atoms with E-state index < -0.39 is 11.9 Å². The van der Waals surface area contributed by atoms with Crippen molar-refractivity contribution in [1.82, 2.24) is 20.2 Å². The molecular weight excluding hydrogens is 294 g/mol. The Labute approximate surface area is 137 Å². The molecule has 1 aliphatic rings. The van der Waals surface area contributed by atoms with E-state index in [2.05, 4.69) is 22.2 Å². The minimum absolute atomic E-state index is 0.0441. The summed E-state index contributed by atoms with van der Waals surface area (Å²) in [5, 5.41) is 3.34. The van der Waals surface area contributed by atoms with Gasteiger partial charge in [-0.1, -0.05) is 19.8 Å². The third-order valence-electron chi connectivity index (χ3n) is 4.31. The van der Waals surface area contributed by atoms with Crippen molar-refractivity contribution in [1.29, 1.82) is 0 Å². The molecule has 4 N–H and O–H groups in total. The number of carbonyl (C=O) groups excluding carboxylic acids is 2. The summed E-state index contributed by atoms with van der Waals surface area (Å²) >= 11 is 0. The van der Waals surface area contributed by atoms with Gasteiger partial charge in [-0.25, -0.2) is 4.98 Å². The number of carbonyl (C=O) groups is 2. The summed E-state index contributed by atoms with van der Waals surface area (Å²) in [6.07, 6.45) is 8.65. The van der Waals surface area contributed by atoms with Crippen molar-refractivity contribution in [2.75, 3.05) is 13.1 Å². The van der Waals surface area contributed by atoms with Crippen LogP contribution in [0.3, 0.4) is 0 Å². The minimum Gasteiger partial charge on any atom is -0.368 e. The highest BCUT2D eigenvalue weighted by Gasteiger charge is 2.35. The molecule has 7 heteroatoms. The van der Waals surface area contributed by atoms with E-state index in [1.54, 1.807) is 17.4 Å². The summed E-state index contributed by atoms with van der Waals surface area (Å²) in [4.78, 5) is 33.1. The number of hydrogen-bond donors (Lipinski definition) is 3. The van der Waals surface area contributed by atoms with E-state index in [4.69, 9.17) is 5.73 Å². The quantitative estimate of drug-likeness (QED) is 0.579. The second-order valence-electron chi connectivity index (χ2n) is 6.09. The Morgan fingerprint density at radius 2 is 2.35 bits per heavy atom. The molecule has 0 bridgehead atoms. The van der Waals surface area contributed by atoms with Crippen molar-refractivity contribution in [2.24, 2.45) is 5.73 Å². The lowest BCUT2D eigenvalue weighted by Crippen LogP contribution is -2.52. The van der Waals surface area contributed by atoms with Crippen molar-refractivity contribution in [3.05, 3.63) is 18.2 Å². The first-order chi connectivity index (χ1) is 11.1. The maximum Gasteiger partial charge on any atom is 0.240 e. The Morgan fingerprint density at radius 1 is 1.52 bits per heavy atom. The molecule has 2 amide bonds. The number of amides is 2. The average molecular weight is 321 g/mol. The lowest BCUT2D eigenvalue weighted by atomic mass is 10.1. The molecule has 0 aliphatic carbocycles. The van der Waals surface area contributed by atoms with Crippen molar-refractivity contribution in [2.45, 2.75) is 57.5 Å². The van der Waals surface area contributed by atoms with E-state index in [-0.39, 0.29) is 11.9 Å². The maximum atomic E-state index is 12.9. The van der Waals surface area contributed by atoms with Gasteiger partial charge < -0.3 is 20.9 Å². The lowest BCUT2D eigenvalue weighted by molar-refractivity contribution is -0.139. The Bertz CT molecular complexity index is 503. The molecule has 1 saturated heterocycles. The molecule has 7 nitrogen and oxygen atoms in total. The number of aromatic nitrogens is 2. The Morgan fingerprint density at radius 3 is 3.00 bits per heavy atom. The lowest BCUT2D eigenvalue weighted by Gasteiger charge is -2.27. The topological polar surface area (TPSA) is 104 Å². The van der Waals surface area contributed by atoms with Crippen molar-refractivity contribution >= 4 is 11.8 Å². The number of nitrogens with one attached hydrogen (secondary N) is 2. The normalized spacial score (nSPS) is 19.0. The first-order valence-corrected chi connectivity index (χ1v) is 8.44. The number of H-pyrrole nitrogens is 1. The highest BCUT2D eigenvalue weighted by Crippen LogP contribution is 2.19. The fourth-order valence-corrected chi connectivity index (χ4v) is 3.04. The molecule has 0 radical (unpaired) electrons. The van der Waals surface area contributed by atoms with E-state index in [0.29, 0.717) is 19.4 Å². The molecule has 1 fully saturated rings. The summed E-state index contributed by atoms with van der Waals surface area (Å²) in [5.41, 5.74) is 6.34. The largest absolute Gasteiger partial charge is 0.368 e. The number of unbranched alkanes of at least 4 members (excludes halogenated alkanes) is 2. The van der Waals surface area contributed by atoms with Crippen LogP contribution in [0.1, 0.15) is 44.7 Å². The van der Waals surface area contributed by atoms with Gasteiger partial charge in [0.05, 0.1) is 12.4 Å². The van der Waals surface area contributed by atoms with Gasteiger partial charge in [-0.2, -0.15) is 0 Å².